The Balaban J connectivity index is 1.25. The Morgan fingerprint density at radius 2 is 0.714 bits per heavy atom. The number of hydrogen-bond donors (Lipinski definition) is 4. The van der Waals surface area contributed by atoms with E-state index in [0.29, 0.717) is 24.0 Å². The maximum absolute atomic E-state index is 14.3. The van der Waals surface area contributed by atoms with Gasteiger partial charge < -0.3 is 50.0 Å². The number of esters is 4. The van der Waals surface area contributed by atoms with Gasteiger partial charge in [-0.1, -0.05) is 30.3 Å². The summed E-state index contributed by atoms with van der Waals surface area (Å²) < 4.78 is 74.0. The summed E-state index contributed by atoms with van der Waals surface area (Å²) in [5, 5.41) is 10.7. The average Bonchev–Trinajstić information content (AvgIpc) is 3.63. The fourth-order valence-corrected chi connectivity index (χ4v) is 8.11. The quantitative estimate of drug-likeness (QED) is 0.0186. The molecular weight excluding hydrogens is 1100 g/mol. The van der Waals surface area contributed by atoms with E-state index in [1.54, 1.807) is 0 Å². The number of unbranched alkanes of at least 4 members (excludes halogenated alkanes) is 2. The number of hydrogen-bond acceptors (Lipinski definition) is 14. The summed E-state index contributed by atoms with van der Waals surface area (Å²) in [6.07, 6.45) is -1.13. The van der Waals surface area contributed by atoms with Gasteiger partial charge in [0.1, 0.15) is 49.4 Å². The van der Waals surface area contributed by atoms with Gasteiger partial charge in [0, 0.05) is 37.3 Å². The molecule has 0 aliphatic carbocycles. The second-order valence-electron chi connectivity index (χ2n) is 18.9. The lowest BCUT2D eigenvalue weighted by atomic mass is 10.1. The van der Waals surface area contributed by atoms with Crippen molar-refractivity contribution in [3.63, 3.8) is 0 Å². The molecule has 5 rings (SSSR count). The van der Waals surface area contributed by atoms with Crippen LogP contribution in [0.5, 0.6) is 0 Å². The minimum atomic E-state index is -1.32. The monoisotopic (exact) mass is 1170 g/mol. The van der Waals surface area contributed by atoms with E-state index >= 15 is 0 Å². The number of methoxy groups -OCH3 is 2. The summed E-state index contributed by atoms with van der Waals surface area (Å²) >= 11 is 0. The smallest absolute Gasteiger partial charge is 0.347 e. The number of carbonyl (C=O) groups is 10. The van der Waals surface area contributed by atoms with Crippen molar-refractivity contribution in [2.24, 2.45) is 0 Å². The first-order valence-electron chi connectivity index (χ1n) is 26.6. The van der Waals surface area contributed by atoms with Gasteiger partial charge in [0.15, 0.2) is 12.2 Å². The van der Waals surface area contributed by atoms with E-state index in [2.05, 4.69) is 21.3 Å². The third-order valence-corrected chi connectivity index (χ3v) is 12.6. The number of carbonyl (C=O) groups excluding carboxylic acids is 10. The van der Waals surface area contributed by atoms with Crippen molar-refractivity contribution in [2.45, 2.75) is 63.6 Å². The van der Waals surface area contributed by atoms with Crippen LogP contribution in [0.25, 0.3) is 0 Å². The number of benzene rings is 5. The molecule has 0 unspecified atom stereocenters. The first-order valence-corrected chi connectivity index (χ1v) is 26.6. The summed E-state index contributed by atoms with van der Waals surface area (Å²) in [6.45, 7) is -2.48. The molecule has 5 aromatic carbocycles. The SMILES string of the molecule is COC(=O)[C@H](CCCCNC(=O)CN(CC(=O)NCCc1ccc(F)cc1)C(=O)c1cccc(C(=O)N(CC(=O)NCCCC[C@H](OC(=O)c2ccc(F)cc2)C(=O)OC)CC(=O)NCCc2ccc(F)cc2)c1)OC(=O)c1ccc(F)cc1. The summed E-state index contributed by atoms with van der Waals surface area (Å²) in [5.41, 5.74) is 1.08. The van der Waals surface area contributed by atoms with Crippen LogP contribution in [0.3, 0.4) is 0 Å². The lowest BCUT2D eigenvalue weighted by molar-refractivity contribution is -0.151. The van der Waals surface area contributed by atoms with Gasteiger partial charge in [-0.05, 0) is 153 Å². The molecule has 0 aliphatic heterocycles. The zero-order chi connectivity index (χ0) is 61.0. The van der Waals surface area contributed by atoms with Crippen molar-refractivity contribution in [2.75, 3.05) is 66.6 Å². The Kier molecular flexibility index (Phi) is 26.5. The average molecular weight is 1170 g/mol. The largest absolute Gasteiger partial charge is 0.466 e. The molecule has 0 bridgehead atoms. The van der Waals surface area contributed by atoms with Gasteiger partial charge in [-0.3, -0.25) is 28.8 Å². The molecule has 6 amide bonds. The van der Waals surface area contributed by atoms with Crippen LogP contribution in [0.2, 0.25) is 0 Å². The number of ether oxygens (including phenoxy) is 4. The zero-order valence-corrected chi connectivity index (χ0v) is 46.1. The van der Waals surface area contributed by atoms with E-state index in [9.17, 15) is 65.5 Å². The van der Waals surface area contributed by atoms with Gasteiger partial charge in [0.2, 0.25) is 23.6 Å². The van der Waals surface area contributed by atoms with Crippen LogP contribution in [0.1, 0.15) is 91.1 Å². The Labute approximate surface area is 481 Å². The molecule has 446 valence electrons. The van der Waals surface area contributed by atoms with Crippen LogP contribution in [0, 0.1) is 23.3 Å². The van der Waals surface area contributed by atoms with Gasteiger partial charge in [0.25, 0.3) is 11.8 Å². The zero-order valence-electron chi connectivity index (χ0n) is 46.1. The molecule has 4 N–H and O–H groups in total. The van der Waals surface area contributed by atoms with Crippen LogP contribution < -0.4 is 21.3 Å². The lowest BCUT2D eigenvalue weighted by Crippen LogP contribution is -2.47. The van der Waals surface area contributed by atoms with E-state index in [1.165, 1.54) is 97.1 Å². The maximum Gasteiger partial charge on any atom is 0.347 e. The van der Waals surface area contributed by atoms with Crippen molar-refractivity contribution in [3.8, 4) is 0 Å². The molecule has 84 heavy (non-hydrogen) atoms. The van der Waals surface area contributed by atoms with Crippen LogP contribution in [-0.2, 0) is 60.6 Å². The molecule has 24 heteroatoms. The molecule has 0 heterocycles. The molecule has 5 aromatic rings. The van der Waals surface area contributed by atoms with Gasteiger partial charge >= 0.3 is 23.9 Å². The molecule has 0 spiro atoms. The summed E-state index contributed by atoms with van der Waals surface area (Å²) in [6, 6.07) is 25.4. The first kappa shape index (κ1) is 65.3. The third-order valence-electron chi connectivity index (χ3n) is 12.6. The maximum atomic E-state index is 14.3. The van der Waals surface area contributed by atoms with Crippen molar-refractivity contribution in [1.82, 2.24) is 31.1 Å². The Hall–Kier alpha value is -9.48. The van der Waals surface area contributed by atoms with Crippen LogP contribution in [-0.4, -0.2) is 148 Å². The highest BCUT2D eigenvalue weighted by molar-refractivity contribution is 6.03. The van der Waals surface area contributed by atoms with Gasteiger partial charge in [-0.2, -0.15) is 0 Å². The highest BCUT2D eigenvalue weighted by Crippen LogP contribution is 2.16. The van der Waals surface area contributed by atoms with E-state index in [-0.39, 0.29) is 87.0 Å². The Morgan fingerprint density at radius 3 is 1.04 bits per heavy atom. The highest BCUT2D eigenvalue weighted by atomic mass is 19.1. The molecule has 0 aromatic heterocycles. The van der Waals surface area contributed by atoms with Crippen molar-refractivity contribution in [1.29, 1.82) is 0 Å². The Bertz CT molecular complexity index is 2860. The van der Waals surface area contributed by atoms with Gasteiger partial charge in [-0.15, -0.1) is 0 Å². The van der Waals surface area contributed by atoms with Gasteiger partial charge in [0.05, 0.1) is 25.3 Å². The van der Waals surface area contributed by atoms with E-state index < -0.39 is 121 Å². The normalized spacial score (nSPS) is 11.4. The summed E-state index contributed by atoms with van der Waals surface area (Å²) in [4.78, 5) is 134. The fourth-order valence-electron chi connectivity index (χ4n) is 8.11. The molecule has 0 aliphatic rings. The number of nitrogens with one attached hydrogen (secondary N) is 4. The summed E-state index contributed by atoms with van der Waals surface area (Å²) in [5.74, 6) is -10.0. The predicted octanol–water partition coefficient (Wildman–Crippen LogP) is 5.22. The van der Waals surface area contributed by atoms with Crippen molar-refractivity contribution in [3.05, 3.63) is 178 Å². The molecular formula is C60H64F4N6O14. The number of nitrogens with zero attached hydrogens (tertiary/aromatic N) is 2. The van der Waals surface area contributed by atoms with Crippen molar-refractivity contribution < 1.29 is 84.5 Å². The Morgan fingerprint density at radius 1 is 0.405 bits per heavy atom. The number of rotatable bonds is 32. The van der Waals surface area contributed by atoms with Crippen molar-refractivity contribution >= 4 is 59.3 Å². The van der Waals surface area contributed by atoms with Crippen LogP contribution in [0.15, 0.2) is 121 Å². The second-order valence-corrected chi connectivity index (χ2v) is 18.9. The van der Waals surface area contributed by atoms with E-state index in [4.69, 9.17) is 18.9 Å². The highest BCUT2D eigenvalue weighted by Gasteiger charge is 2.28. The standard InChI is InChI=1S/C60H64F4N6O14/c1-81-59(79)49(83-57(77)41-16-24-47(63)25-17-41)10-3-5-30-65-51(71)35-69(37-53(73)67-32-28-39-12-20-45(61)21-13-39)55(75)43-8-7-9-44(34-43)56(76)70(38-54(74)68-33-29-40-14-22-46(62)23-15-40)36-52(72)66-31-6-4-11-50(60(80)82-2)84-58(78)42-18-26-48(64)27-19-42/h7-9,12-27,34,49-50H,3-6,10-11,28-33,35-38H2,1-2H3,(H,65,71)(H,66,72)(H,67,73)(H,68,74)/t49-,50-/m0/s1. The van der Waals surface area contributed by atoms with Gasteiger partial charge in [-0.25, -0.2) is 36.7 Å². The number of halogens is 4. The molecule has 0 saturated carbocycles. The second kappa shape index (κ2) is 34.1. The molecule has 0 fully saturated rings. The van der Waals surface area contributed by atoms with Crippen LogP contribution in [0.4, 0.5) is 17.6 Å². The minimum Gasteiger partial charge on any atom is -0.466 e. The van der Waals surface area contributed by atoms with E-state index in [0.717, 1.165) is 48.3 Å². The third kappa shape index (κ3) is 22.5. The molecule has 0 radical (unpaired) electrons. The summed E-state index contributed by atoms with van der Waals surface area (Å²) in [7, 11) is 2.22. The fraction of sp³-hybridized carbons (Fsp3) is 0.333. The lowest BCUT2D eigenvalue weighted by Gasteiger charge is -2.24. The predicted molar refractivity (Wildman–Crippen MR) is 293 cm³/mol. The molecule has 0 saturated heterocycles. The topological polar surface area (TPSA) is 262 Å². The molecule has 2 atom stereocenters. The minimum absolute atomic E-state index is 0.000890. The van der Waals surface area contributed by atoms with E-state index in [1.807, 2.05) is 0 Å². The first-order chi connectivity index (χ1) is 40.3. The number of amides is 6. The van der Waals surface area contributed by atoms with Crippen LogP contribution >= 0.6 is 0 Å². The molecule has 20 nitrogen and oxygen atoms in total.